The van der Waals surface area contributed by atoms with Crippen molar-refractivity contribution in [2.24, 2.45) is 0 Å². The number of halogens is 3. The van der Waals surface area contributed by atoms with Gasteiger partial charge in [0.05, 0.1) is 5.69 Å². The van der Waals surface area contributed by atoms with Crippen molar-refractivity contribution in [1.29, 1.82) is 0 Å². The third kappa shape index (κ3) is 3.07. The van der Waals surface area contributed by atoms with Gasteiger partial charge in [-0.05, 0) is 49.4 Å². The van der Waals surface area contributed by atoms with Crippen molar-refractivity contribution >= 4 is 66.4 Å². The number of carbonyl (C=O) groups is 1. The number of rotatable bonds is 2. The summed E-state index contributed by atoms with van der Waals surface area (Å²) in [7, 11) is 0. The molecule has 0 radical (unpaired) electrons. The minimum atomic E-state index is -0.214. The van der Waals surface area contributed by atoms with E-state index in [4.69, 9.17) is 11.6 Å². The number of aromatic nitrogens is 1. The van der Waals surface area contributed by atoms with Crippen LogP contribution in [0.15, 0.2) is 32.7 Å². The molecule has 2 aromatic rings. The number of pyridine rings is 1. The molecule has 0 saturated carbocycles. The Kier molecular flexibility index (Phi) is 4.19. The summed E-state index contributed by atoms with van der Waals surface area (Å²) in [6, 6.07) is 3.52. The van der Waals surface area contributed by atoms with Gasteiger partial charge in [-0.1, -0.05) is 11.6 Å². The highest BCUT2D eigenvalue weighted by Gasteiger charge is 2.13. The van der Waals surface area contributed by atoms with E-state index >= 15 is 0 Å². The topological polar surface area (TPSA) is 42.0 Å². The Morgan fingerprint density at radius 1 is 1.47 bits per heavy atom. The zero-order valence-corrected chi connectivity index (χ0v) is 13.0. The van der Waals surface area contributed by atoms with Crippen LogP contribution in [0, 0.1) is 0 Å². The lowest BCUT2D eigenvalue weighted by Gasteiger charge is -2.06. The van der Waals surface area contributed by atoms with Gasteiger partial charge in [0.15, 0.2) is 5.15 Å². The lowest BCUT2D eigenvalue weighted by atomic mass is 10.4. The molecular formula is C10H5Br2ClN2OS. The van der Waals surface area contributed by atoms with Crippen molar-refractivity contribution in [3.8, 4) is 0 Å². The highest BCUT2D eigenvalue weighted by molar-refractivity contribution is 9.10. The molecule has 0 atom stereocenters. The third-order valence-electron chi connectivity index (χ3n) is 1.88. The fourth-order valence-electron chi connectivity index (χ4n) is 1.15. The predicted molar refractivity (Wildman–Crippen MR) is 76.9 cm³/mol. The monoisotopic (exact) mass is 394 g/mol. The number of nitrogens with one attached hydrogen (secondary N) is 1. The van der Waals surface area contributed by atoms with Gasteiger partial charge in [0.1, 0.15) is 4.88 Å². The zero-order valence-electron chi connectivity index (χ0n) is 8.21. The van der Waals surface area contributed by atoms with Gasteiger partial charge < -0.3 is 5.32 Å². The Morgan fingerprint density at radius 3 is 2.88 bits per heavy atom. The Morgan fingerprint density at radius 2 is 2.24 bits per heavy atom. The first kappa shape index (κ1) is 13.0. The molecule has 1 N–H and O–H groups in total. The Hall–Kier alpha value is -0.430. The number of nitrogens with zero attached hydrogens (tertiary/aromatic N) is 1. The molecule has 0 aliphatic heterocycles. The van der Waals surface area contributed by atoms with Crippen molar-refractivity contribution in [1.82, 2.24) is 4.98 Å². The standard InChI is InChI=1S/C10H5Br2ClN2OS/c11-5-3-7(9(13)14-4-5)15-10(16)8-6(12)1-2-17-8/h1-4H,(H,15,16). The highest BCUT2D eigenvalue weighted by Crippen LogP contribution is 2.27. The Bertz CT molecular complexity index is 573. The van der Waals surface area contributed by atoms with E-state index < -0.39 is 0 Å². The number of anilines is 1. The summed E-state index contributed by atoms with van der Waals surface area (Å²) in [5.74, 6) is -0.214. The van der Waals surface area contributed by atoms with E-state index in [0.717, 1.165) is 8.95 Å². The van der Waals surface area contributed by atoms with Crippen LogP contribution in [0.5, 0.6) is 0 Å². The second kappa shape index (κ2) is 5.48. The second-order valence-corrected chi connectivity index (χ2v) is 6.09. The molecule has 2 rings (SSSR count). The first-order valence-electron chi connectivity index (χ1n) is 4.43. The summed E-state index contributed by atoms with van der Waals surface area (Å²) < 4.78 is 1.52. The van der Waals surface area contributed by atoms with E-state index in [2.05, 4.69) is 42.2 Å². The van der Waals surface area contributed by atoms with Crippen LogP contribution in [0.1, 0.15) is 9.67 Å². The van der Waals surface area contributed by atoms with Crippen molar-refractivity contribution in [2.75, 3.05) is 5.32 Å². The molecule has 7 heteroatoms. The van der Waals surface area contributed by atoms with E-state index in [-0.39, 0.29) is 11.1 Å². The smallest absolute Gasteiger partial charge is 0.266 e. The van der Waals surface area contributed by atoms with Gasteiger partial charge >= 0.3 is 0 Å². The normalized spacial score (nSPS) is 10.3. The van der Waals surface area contributed by atoms with Gasteiger partial charge in [0.25, 0.3) is 5.91 Å². The lowest BCUT2D eigenvalue weighted by molar-refractivity contribution is 0.103. The predicted octanol–water partition coefficient (Wildman–Crippen LogP) is 4.57. The Labute approximate surface area is 123 Å². The molecule has 1 amide bonds. The molecule has 0 bridgehead atoms. The molecular weight excluding hydrogens is 391 g/mol. The first-order chi connectivity index (χ1) is 8.08. The molecule has 88 valence electrons. The summed E-state index contributed by atoms with van der Waals surface area (Å²) in [6.07, 6.45) is 1.57. The maximum absolute atomic E-state index is 11.9. The average molecular weight is 396 g/mol. The van der Waals surface area contributed by atoms with Crippen LogP contribution < -0.4 is 5.32 Å². The highest BCUT2D eigenvalue weighted by atomic mass is 79.9. The fourth-order valence-corrected chi connectivity index (χ4v) is 3.07. The maximum atomic E-state index is 11.9. The first-order valence-corrected chi connectivity index (χ1v) is 7.27. The maximum Gasteiger partial charge on any atom is 0.266 e. The summed E-state index contributed by atoms with van der Waals surface area (Å²) in [5.41, 5.74) is 0.478. The van der Waals surface area contributed by atoms with E-state index in [9.17, 15) is 4.79 Å². The average Bonchev–Trinajstić information content (AvgIpc) is 2.70. The van der Waals surface area contributed by atoms with Crippen LogP contribution in [-0.2, 0) is 0 Å². The van der Waals surface area contributed by atoms with Crippen molar-refractivity contribution in [2.45, 2.75) is 0 Å². The summed E-state index contributed by atoms with van der Waals surface area (Å²) >= 11 is 13.8. The molecule has 0 spiro atoms. The lowest BCUT2D eigenvalue weighted by Crippen LogP contribution is -2.11. The minimum Gasteiger partial charge on any atom is -0.319 e. The van der Waals surface area contributed by atoms with E-state index in [0.29, 0.717) is 10.6 Å². The number of carbonyl (C=O) groups excluding carboxylic acids is 1. The van der Waals surface area contributed by atoms with Gasteiger partial charge in [-0.2, -0.15) is 0 Å². The summed E-state index contributed by atoms with van der Waals surface area (Å²) in [5, 5.41) is 4.80. The molecule has 0 aliphatic rings. The van der Waals surface area contributed by atoms with E-state index in [1.165, 1.54) is 11.3 Å². The quantitative estimate of drug-likeness (QED) is 0.756. The largest absolute Gasteiger partial charge is 0.319 e. The Balaban J connectivity index is 2.24. The fraction of sp³-hybridized carbons (Fsp3) is 0. The van der Waals surface area contributed by atoms with Crippen molar-refractivity contribution < 1.29 is 4.79 Å². The number of hydrogen-bond acceptors (Lipinski definition) is 3. The molecule has 2 aromatic heterocycles. The van der Waals surface area contributed by atoms with Gasteiger partial charge in [-0.25, -0.2) is 4.98 Å². The van der Waals surface area contributed by atoms with Gasteiger partial charge in [0.2, 0.25) is 0 Å². The molecule has 2 heterocycles. The molecule has 3 nitrogen and oxygen atoms in total. The van der Waals surface area contributed by atoms with Crippen LogP contribution >= 0.6 is 54.8 Å². The summed E-state index contributed by atoms with van der Waals surface area (Å²) in [4.78, 5) is 16.5. The van der Waals surface area contributed by atoms with Crippen molar-refractivity contribution in [3.05, 3.63) is 42.7 Å². The molecule has 17 heavy (non-hydrogen) atoms. The van der Waals surface area contributed by atoms with Gasteiger partial charge in [-0.15, -0.1) is 11.3 Å². The van der Waals surface area contributed by atoms with Crippen LogP contribution in [0.25, 0.3) is 0 Å². The molecule has 0 unspecified atom stereocenters. The van der Waals surface area contributed by atoms with Gasteiger partial charge in [0, 0.05) is 15.1 Å². The second-order valence-electron chi connectivity index (χ2n) is 3.04. The molecule has 0 saturated heterocycles. The number of thiophene rings is 1. The zero-order chi connectivity index (χ0) is 12.4. The molecule has 0 fully saturated rings. The van der Waals surface area contributed by atoms with E-state index in [1.807, 2.05) is 11.4 Å². The molecule has 0 aliphatic carbocycles. The third-order valence-corrected chi connectivity index (χ3v) is 4.45. The van der Waals surface area contributed by atoms with Crippen LogP contribution in [0.3, 0.4) is 0 Å². The number of hydrogen-bond donors (Lipinski definition) is 1. The van der Waals surface area contributed by atoms with Crippen LogP contribution in [0.2, 0.25) is 5.15 Å². The minimum absolute atomic E-state index is 0.214. The van der Waals surface area contributed by atoms with Crippen molar-refractivity contribution in [3.63, 3.8) is 0 Å². The molecule has 0 aromatic carbocycles. The number of amides is 1. The summed E-state index contributed by atoms with van der Waals surface area (Å²) in [6.45, 7) is 0. The SMILES string of the molecule is O=C(Nc1cc(Br)cnc1Cl)c1sccc1Br. The van der Waals surface area contributed by atoms with E-state index in [1.54, 1.807) is 12.3 Å². The van der Waals surface area contributed by atoms with Crippen LogP contribution in [0.4, 0.5) is 5.69 Å². The van der Waals surface area contributed by atoms with Gasteiger partial charge in [-0.3, -0.25) is 4.79 Å². The van der Waals surface area contributed by atoms with Crippen LogP contribution in [-0.4, -0.2) is 10.9 Å².